The smallest absolute Gasteiger partial charge is 0.227 e. The molecular weight excluding hydrogens is 316 g/mol. The van der Waals surface area contributed by atoms with Crippen LogP contribution in [0.1, 0.15) is 17.1 Å². The molecule has 0 atom stereocenters. The van der Waals surface area contributed by atoms with E-state index in [1.54, 1.807) is 11.7 Å². The molecule has 2 rings (SSSR count). The molecule has 0 aliphatic rings. The standard InChI is InChI=1S/C12H13BrN2O4/c1-7-12(13)9(15(2)14-7)5-19-11-6-18-8(4-16)3-10(11)17/h3,6,16H,4-5H2,1-2H3. The lowest BCUT2D eigenvalue weighted by Gasteiger charge is -2.06. The molecule has 2 aromatic rings. The molecule has 0 fully saturated rings. The fourth-order valence-electron chi connectivity index (χ4n) is 1.61. The zero-order valence-corrected chi connectivity index (χ0v) is 12.1. The number of halogens is 1. The summed E-state index contributed by atoms with van der Waals surface area (Å²) in [6.45, 7) is 1.75. The van der Waals surface area contributed by atoms with Gasteiger partial charge in [-0.2, -0.15) is 5.10 Å². The third-order valence-corrected chi connectivity index (χ3v) is 3.67. The third kappa shape index (κ3) is 2.87. The highest BCUT2D eigenvalue weighted by molar-refractivity contribution is 9.10. The first kappa shape index (κ1) is 13.8. The van der Waals surface area contributed by atoms with E-state index < -0.39 is 0 Å². The second-order valence-corrected chi connectivity index (χ2v) is 4.78. The maximum absolute atomic E-state index is 11.7. The van der Waals surface area contributed by atoms with E-state index in [2.05, 4.69) is 21.0 Å². The summed E-state index contributed by atoms with van der Waals surface area (Å²) in [5.74, 6) is 0.304. The summed E-state index contributed by atoms with van der Waals surface area (Å²) in [5, 5.41) is 13.1. The number of aryl methyl sites for hydroxylation is 2. The molecule has 0 saturated heterocycles. The Balaban J connectivity index is 2.17. The van der Waals surface area contributed by atoms with Gasteiger partial charge in [-0.15, -0.1) is 0 Å². The van der Waals surface area contributed by atoms with Crippen LogP contribution >= 0.6 is 15.9 Å². The molecule has 7 heteroatoms. The van der Waals surface area contributed by atoms with E-state index in [-0.39, 0.29) is 30.2 Å². The van der Waals surface area contributed by atoms with Crippen molar-refractivity contribution in [3.05, 3.63) is 44.2 Å². The van der Waals surface area contributed by atoms with Crippen LogP contribution in [0.5, 0.6) is 5.75 Å². The molecule has 0 saturated carbocycles. The first-order chi connectivity index (χ1) is 9.02. The van der Waals surface area contributed by atoms with Crippen molar-refractivity contribution in [2.24, 2.45) is 7.05 Å². The van der Waals surface area contributed by atoms with Crippen LogP contribution in [0.3, 0.4) is 0 Å². The molecule has 0 aromatic carbocycles. The van der Waals surface area contributed by atoms with Crippen LogP contribution in [0.2, 0.25) is 0 Å². The van der Waals surface area contributed by atoms with Gasteiger partial charge in [-0.3, -0.25) is 9.48 Å². The van der Waals surface area contributed by atoms with Gasteiger partial charge in [0.1, 0.15) is 25.2 Å². The minimum atomic E-state index is -0.328. The number of aliphatic hydroxyl groups excluding tert-OH is 1. The maximum atomic E-state index is 11.7. The topological polar surface area (TPSA) is 77.5 Å². The monoisotopic (exact) mass is 328 g/mol. The Hall–Kier alpha value is -1.60. The maximum Gasteiger partial charge on any atom is 0.227 e. The largest absolute Gasteiger partial charge is 0.480 e. The predicted octanol–water partition coefficient (Wildman–Crippen LogP) is 1.52. The Bertz CT molecular complexity index is 648. The van der Waals surface area contributed by atoms with Crippen LogP contribution in [0.4, 0.5) is 0 Å². The van der Waals surface area contributed by atoms with E-state index in [1.807, 2.05) is 6.92 Å². The second kappa shape index (κ2) is 5.58. The zero-order chi connectivity index (χ0) is 14.0. The molecule has 0 bridgehead atoms. The van der Waals surface area contributed by atoms with Crippen LogP contribution < -0.4 is 10.2 Å². The van der Waals surface area contributed by atoms with Gasteiger partial charge in [0.15, 0.2) is 0 Å². The van der Waals surface area contributed by atoms with E-state index in [0.717, 1.165) is 15.9 Å². The lowest BCUT2D eigenvalue weighted by atomic mass is 10.3. The molecule has 102 valence electrons. The van der Waals surface area contributed by atoms with E-state index >= 15 is 0 Å². The fourth-order valence-corrected chi connectivity index (χ4v) is 2.06. The van der Waals surface area contributed by atoms with Gasteiger partial charge >= 0.3 is 0 Å². The number of aliphatic hydroxyl groups is 1. The minimum absolute atomic E-state index is 0.1000. The Morgan fingerprint density at radius 2 is 2.32 bits per heavy atom. The summed E-state index contributed by atoms with van der Waals surface area (Å²) in [6.07, 6.45) is 1.20. The van der Waals surface area contributed by atoms with E-state index in [9.17, 15) is 4.79 Å². The van der Waals surface area contributed by atoms with Crippen molar-refractivity contribution in [1.29, 1.82) is 0 Å². The molecule has 6 nitrogen and oxygen atoms in total. The quantitative estimate of drug-likeness (QED) is 0.920. The van der Waals surface area contributed by atoms with E-state index in [1.165, 1.54) is 12.3 Å². The van der Waals surface area contributed by atoms with Crippen molar-refractivity contribution >= 4 is 15.9 Å². The fraction of sp³-hybridized carbons (Fsp3) is 0.333. The van der Waals surface area contributed by atoms with Gasteiger partial charge in [0, 0.05) is 13.1 Å². The van der Waals surface area contributed by atoms with Gasteiger partial charge in [-0.25, -0.2) is 0 Å². The van der Waals surface area contributed by atoms with Crippen LogP contribution in [0.15, 0.2) is 26.0 Å². The van der Waals surface area contributed by atoms with Gasteiger partial charge in [-0.1, -0.05) is 0 Å². The highest BCUT2D eigenvalue weighted by Gasteiger charge is 2.12. The molecule has 0 radical (unpaired) electrons. The molecule has 0 amide bonds. The lowest BCUT2D eigenvalue weighted by Crippen LogP contribution is -2.10. The van der Waals surface area contributed by atoms with Gasteiger partial charge < -0.3 is 14.3 Å². The molecule has 0 aliphatic carbocycles. The Kier molecular flexibility index (Phi) is 4.06. The summed E-state index contributed by atoms with van der Waals surface area (Å²) in [4.78, 5) is 11.7. The van der Waals surface area contributed by atoms with Crippen LogP contribution in [-0.4, -0.2) is 14.9 Å². The van der Waals surface area contributed by atoms with Crippen molar-refractivity contribution < 1.29 is 14.3 Å². The third-order valence-electron chi connectivity index (χ3n) is 2.63. The number of rotatable bonds is 4. The molecule has 2 heterocycles. The molecule has 2 aromatic heterocycles. The molecular formula is C12H13BrN2O4. The van der Waals surface area contributed by atoms with Crippen LogP contribution in [-0.2, 0) is 20.3 Å². The van der Waals surface area contributed by atoms with Crippen LogP contribution in [0, 0.1) is 6.92 Å². The summed E-state index contributed by atoms with van der Waals surface area (Å²) in [6, 6.07) is 1.21. The Labute approximate surface area is 117 Å². The zero-order valence-electron chi connectivity index (χ0n) is 10.5. The summed E-state index contributed by atoms with van der Waals surface area (Å²) < 4.78 is 13.0. The lowest BCUT2D eigenvalue weighted by molar-refractivity contribution is 0.235. The van der Waals surface area contributed by atoms with Crippen molar-refractivity contribution in [2.45, 2.75) is 20.1 Å². The molecule has 0 spiro atoms. The van der Waals surface area contributed by atoms with Gasteiger partial charge in [-0.05, 0) is 22.9 Å². The van der Waals surface area contributed by atoms with Crippen molar-refractivity contribution in [1.82, 2.24) is 9.78 Å². The highest BCUT2D eigenvalue weighted by atomic mass is 79.9. The first-order valence-electron chi connectivity index (χ1n) is 5.56. The number of hydrogen-bond donors (Lipinski definition) is 1. The normalized spacial score (nSPS) is 10.7. The SMILES string of the molecule is Cc1nn(C)c(COc2coc(CO)cc2=O)c1Br. The number of nitrogens with zero attached hydrogens (tertiary/aromatic N) is 2. The molecule has 0 unspecified atom stereocenters. The Morgan fingerprint density at radius 1 is 1.58 bits per heavy atom. The number of ether oxygens (including phenoxy) is 1. The minimum Gasteiger partial charge on any atom is -0.480 e. The van der Waals surface area contributed by atoms with Crippen LogP contribution in [0.25, 0.3) is 0 Å². The molecule has 0 aliphatic heterocycles. The van der Waals surface area contributed by atoms with Gasteiger partial charge in [0.25, 0.3) is 0 Å². The highest BCUT2D eigenvalue weighted by Crippen LogP contribution is 2.21. The van der Waals surface area contributed by atoms with Gasteiger partial charge in [0.2, 0.25) is 11.2 Å². The van der Waals surface area contributed by atoms with Crippen molar-refractivity contribution in [3.63, 3.8) is 0 Å². The Morgan fingerprint density at radius 3 is 2.84 bits per heavy atom. The predicted molar refractivity (Wildman–Crippen MR) is 70.9 cm³/mol. The van der Waals surface area contributed by atoms with E-state index in [4.69, 9.17) is 14.3 Å². The second-order valence-electron chi connectivity index (χ2n) is 3.99. The average molecular weight is 329 g/mol. The molecule has 19 heavy (non-hydrogen) atoms. The van der Waals surface area contributed by atoms with Crippen molar-refractivity contribution in [2.75, 3.05) is 0 Å². The van der Waals surface area contributed by atoms with Crippen molar-refractivity contribution in [3.8, 4) is 5.75 Å². The number of hydrogen-bond acceptors (Lipinski definition) is 5. The summed E-state index contributed by atoms with van der Waals surface area (Å²) in [7, 11) is 1.80. The summed E-state index contributed by atoms with van der Waals surface area (Å²) >= 11 is 3.42. The van der Waals surface area contributed by atoms with Gasteiger partial charge in [0.05, 0.1) is 15.9 Å². The number of aromatic nitrogens is 2. The first-order valence-corrected chi connectivity index (χ1v) is 6.35. The molecule has 1 N–H and O–H groups in total. The van der Waals surface area contributed by atoms with E-state index in [0.29, 0.717) is 0 Å². The average Bonchev–Trinajstić information content (AvgIpc) is 2.62. The summed E-state index contributed by atoms with van der Waals surface area (Å²) in [5.41, 5.74) is 1.34.